The molecule has 3 nitrogen and oxygen atoms in total. The number of azide groups is 1. The average Bonchev–Trinajstić information content (AvgIpc) is 1.37. The van der Waals surface area contributed by atoms with Crippen LogP contribution in [0.15, 0.2) is 5.34 Å². The minimum atomic E-state index is 1.42. The third-order valence-corrected chi connectivity index (χ3v) is 0.0338. The fourth-order valence-electron chi connectivity index (χ4n) is 0. The highest BCUT2D eigenvalue weighted by Gasteiger charge is 1.33. The topological polar surface area (TPSA) is 48.8 Å². The summed E-state index contributed by atoms with van der Waals surface area (Å²) in [7, 11) is 0. The summed E-state index contributed by atoms with van der Waals surface area (Å²) in [5, 5.41) is 1.42. The van der Waals surface area contributed by atoms with Crippen LogP contribution < -0.4 is 0 Å². The third-order valence-electron chi connectivity index (χ3n) is 0.0338. The van der Waals surface area contributed by atoms with E-state index in [0.717, 1.165) is 0 Å². The molecule has 0 spiro atoms. The van der Waals surface area contributed by atoms with Crippen LogP contribution in [-0.2, 0) is 0 Å². The Balaban J connectivity index is 3.11. The molecule has 0 rings (SSSR count). The van der Waals surface area contributed by atoms with Crippen LogP contribution in [0.2, 0.25) is 0 Å². The quantitative estimate of drug-likeness (QED) is 0.229. The van der Waals surface area contributed by atoms with Gasteiger partial charge < -0.3 is 0 Å². The molecule has 0 radical (unpaired) electrons. The molecule has 0 aromatic rings. The first kappa shape index (κ1) is 3.24. The number of hydrogen-bond donors (Lipinski definition) is 0. The highest BCUT2D eigenvalue weighted by molar-refractivity contribution is 4.25. The van der Waals surface area contributed by atoms with E-state index in [1.165, 1.54) is 5.34 Å². The molecule has 0 aliphatic carbocycles. The lowest BCUT2D eigenvalue weighted by molar-refractivity contribution is 0.525. The van der Waals surface area contributed by atoms with Crippen molar-refractivity contribution < 1.29 is 4.48 Å². The Morgan fingerprint density at radius 3 is 2.25 bits per heavy atom. The Bertz CT molecular complexity index is 41.2. The average molecular weight is 60.0 g/mol. The molecule has 0 bridgehead atoms. The van der Waals surface area contributed by atoms with Gasteiger partial charge in [0.15, 0.2) is 0 Å². The molecule has 0 fully saturated rings. The van der Waals surface area contributed by atoms with Crippen molar-refractivity contribution in [3.8, 4) is 0 Å². The lowest BCUT2D eigenvalue weighted by atomic mass is 13.0. The summed E-state index contributed by atoms with van der Waals surface area (Å²) in [6.07, 6.45) is 0. The maximum Gasteiger partial charge on any atom is 0.100 e. The van der Waals surface area contributed by atoms with Crippen LogP contribution in [-0.4, -0.2) is 0 Å². The van der Waals surface area contributed by atoms with E-state index in [9.17, 15) is 4.48 Å². The van der Waals surface area contributed by atoms with Gasteiger partial charge in [-0.3, -0.25) is 0 Å². The van der Waals surface area contributed by atoms with Crippen LogP contribution in [0.25, 0.3) is 10.4 Å². The van der Waals surface area contributed by atoms with Crippen molar-refractivity contribution in [2.75, 3.05) is 0 Å². The smallest absolute Gasteiger partial charge is 0.100 e. The van der Waals surface area contributed by atoms with Crippen molar-refractivity contribution in [1.82, 2.24) is 0 Å². The molecule has 0 saturated carbocycles. The van der Waals surface area contributed by atoms with Gasteiger partial charge in [0.1, 0.15) is 5.34 Å². The largest absolute Gasteiger partial charge is 0.131 e. The first-order valence-electron chi connectivity index (χ1n) is 0.569. The standard InChI is InChI=1S/FN3/c1-3-4-2/i1-1. The molecule has 0 atom stereocenters. The monoisotopic (exact) mass is 60.0 g/mol. The molecular formula is FN3. The van der Waals surface area contributed by atoms with Crippen LogP contribution in [0.5, 0.6) is 0 Å². The fourth-order valence-corrected chi connectivity index (χ4v) is 0. The van der Waals surface area contributed by atoms with Crippen molar-refractivity contribution in [2.45, 2.75) is 0 Å². The molecule has 4 heteroatoms. The van der Waals surface area contributed by atoms with Crippen LogP contribution in [0.3, 0.4) is 0 Å². The van der Waals surface area contributed by atoms with Crippen LogP contribution in [0.1, 0.15) is 0 Å². The van der Waals surface area contributed by atoms with E-state index in [0.29, 0.717) is 0 Å². The first-order valence-corrected chi connectivity index (χ1v) is 0.569. The second kappa shape index (κ2) is 2.24. The lowest BCUT2D eigenvalue weighted by Gasteiger charge is -1.29. The molecule has 4 heavy (non-hydrogen) atoms. The van der Waals surface area contributed by atoms with Gasteiger partial charge in [0.05, 0.1) is 0 Å². The summed E-state index contributed by atoms with van der Waals surface area (Å²) >= 11 is 0. The molecule has 22 valence electrons. The Morgan fingerprint density at radius 2 is 2.25 bits per heavy atom. The summed E-state index contributed by atoms with van der Waals surface area (Å²) in [4.78, 5) is 1.69. The van der Waals surface area contributed by atoms with E-state index in [4.69, 9.17) is 5.53 Å². The first-order chi connectivity index (χ1) is 1.91. The minimum Gasteiger partial charge on any atom is -0.131 e. The van der Waals surface area contributed by atoms with E-state index in [2.05, 4.69) is 0 Å². The summed E-state index contributed by atoms with van der Waals surface area (Å²) in [6.45, 7) is 0. The number of rotatable bonds is 0. The van der Waals surface area contributed by atoms with E-state index >= 15 is 0 Å². The Hall–Kier alpha value is -0.760. The Morgan fingerprint density at radius 1 is 2.00 bits per heavy atom. The molecular weight excluding hydrogens is 60.0 g/mol. The van der Waals surface area contributed by atoms with E-state index in [-0.39, 0.29) is 0 Å². The zero-order valence-corrected chi connectivity index (χ0v) is 1.72. The van der Waals surface area contributed by atoms with E-state index in [1.54, 1.807) is 4.91 Å². The number of halogens is 1. The molecule has 0 heterocycles. The van der Waals surface area contributed by atoms with Crippen LogP contribution in [0.4, 0.5) is 4.48 Å². The highest BCUT2D eigenvalue weighted by atomic mass is 18.2. The van der Waals surface area contributed by atoms with Gasteiger partial charge in [0.2, 0.25) is 0 Å². The van der Waals surface area contributed by atoms with Gasteiger partial charge in [0, 0.05) is 4.91 Å². The maximum absolute atomic E-state index is 9.93. The zero-order valence-electron chi connectivity index (χ0n) is 1.72. The van der Waals surface area contributed by atoms with Gasteiger partial charge in [-0.25, -0.2) is 0 Å². The molecule has 0 amide bonds. The molecule has 0 saturated heterocycles. The number of nitrogens with zero attached hydrogens (tertiary/aromatic N) is 3. The summed E-state index contributed by atoms with van der Waals surface area (Å²) in [5.74, 6) is 0. The van der Waals surface area contributed by atoms with Gasteiger partial charge in [0.25, 0.3) is 0 Å². The van der Waals surface area contributed by atoms with Crippen LogP contribution in [0, 0.1) is 0 Å². The lowest BCUT2D eigenvalue weighted by Crippen LogP contribution is -1.03. The number of hydrogen-bond acceptors (Lipinski definition) is 1. The molecule has 0 aromatic carbocycles. The summed E-state index contributed by atoms with van der Waals surface area (Å²) < 4.78 is 9.93. The van der Waals surface area contributed by atoms with Crippen molar-refractivity contribution in [1.29, 1.82) is 0 Å². The van der Waals surface area contributed by atoms with Crippen molar-refractivity contribution in [3.63, 3.8) is 0 Å². The highest BCUT2D eigenvalue weighted by Crippen LogP contribution is 1.59. The Labute approximate surface area is 21.6 Å². The van der Waals surface area contributed by atoms with Crippen molar-refractivity contribution in [3.05, 3.63) is 10.4 Å². The van der Waals surface area contributed by atoms with Gasteiger partial charge >= 0.3 is 0 Å². The Kier molecular flexibility index (Phi) is 1.81. The predicted octanol–water partition coefficient (Wildman–Crippen LogP) is 1.18. The van der Waals surface area contributed by atoms with E-state index in [1.807, 2.05) is 0 Å². The molecule has 0 unspecified atom stereocenters. The van der Waals surface area contributed by atoms with Gasteiger partial charge in [-0.1, -0.05) is 0 Å². The van der Waals surface area contributed by atoms with Gasteiger partial charge in [-0.05, 0) is 5.53 Å². The van der Waals surface area contributed by atoms with Crippen molar-refractivity contribution in [2.24, 2.45) is 5.34 Å². The van der Waals surface area contributed by atoms with Crippen LogP contribution >= 0.6 is 0 Å². The molecule has 0 aromatic heterocycles. The predicted molar refractivity (Wildman–Crippen MR) is 10.3 cm³/mol. The normalized spacial score (nSPS) is 4.25. The third kappa shape index (κ3) is 1.24. The second-order valence-corrected chi connectivity index (χ2v) is 0.165. The summed E-state index contributed by atoms with van der Waals surface area (Å²) in [6, 6.07) is 0. The fraction of sp³-hybridized carbons (Fsp3) is 0. The maximum atomic E-state index is 9.93. The SMILES string of the molecule is [N-]=[N+]=N[18F]. The molecule has 0 N–H and O–H groups in total. The molecule has 0 aliphatic heterocycles. The zero-order chi connectivity index (χ0) is 3.41. The summed E-state index contributed by atoms with van der Waals surface area (Å²) in [5.41, 5.74) is 6.96. The van der Waals surface area contributed by atoms with Gasteiger partial charge in [-0.15, -0.1) is 4.48 Å². The van der Waals surface area contributed by atoms with E-state index < -0.39 is 0 Å². The minimum absolute atomic E-state index is 1.42. The molecule has 0 aliphatic rings. The second-order valence-electron chi connectivity index (χ2n) is 0.165. The van der Waals surface area contributed by atoms with Gasteiger partial charge in [-0.2, -0.15) is 0 Å². The van der Waals surface area contributed by atoms with Crippen molar-refractivity contribution >= 4 is 0 Å².